The summed E-state index contributed by atoms with van der Waals surface area (Å²) in [6.07, 6.45) is 0.256. The number of fused-ring (bicyclic) bond motifs is 2. The Morgan fingerprint density at radius 3 is 2.19 bits per heavy atom. The number of benzene rings is 3. The molecule has 3 rings (SSSR count). The van der Waals surface area contributed by atoms with Crippen LogP contribution in [0.5, 0.6) is 0 Å². The number of aliphatic hydroxyl groups excluding tert-OH is 1. The Morgan fingerprint density at radius 2 is 1.59 bits per heavy atom. The van der Waals surface area contributed by atoms with Gasteiger partial charge in [-0.05, 0) is 42.4 Å². The highest BCUT2D eigenvalue weighted by Gasteiger charge is 2.16. The van der Waals surface area contributed by atoms with Crippen LogP contribution in [0.2, 0.25) is 19.1 Å². The molecule has 0 aliphatic heterocycles. The Morgan fingerprint density at radius 1 is 1.00 bits per heavy atom. The lowest BCUT2D eigenvalue weighted by atomic mass is 10.0. The second-order valence-corrected chi connectivity index (χ2v) is 11.8. The minimum absolute atomic E-state index is 0.295. The van der Waals surface area contributed by atoms with Crippen LogP contribution < -0.4 is 5.32 Å². The third kappa shape index (κ3) is 5.53. The van der Waals surface area contributed by atoms with Crippen molar-refractivity contribution in [1.82, 2.24) is 0 Å². The Labute approximate surface area is 161 Å². The summed E-state index contributed by atoms with van der Waals surface area (Å²) in [5.74, 6) is 0. The van der Waals surface area contributed by atoms with Gasteiger partial charge in [-0.1, -0.05) is 48.5 Å². The molecule has 3 aromatic rings. The van der Waals surface area contributed by atoms with Crippen LogP contribution in [0.1, 0.15) is 6.42 Å². The van der Waals surface area contributed by atoms with E-state index in [1.807, 2.05) is 37.4 Å². The number of nitrogens with one attached hydrogen (secondary N) is 1. The Bertz CT molecular complexity index is 837. The van der Waals surface area contributed by atoms with Crippen LogP contribution in [0.3, 0.4) is 0 Å². The molecule has 0 spiro atoms. The average Bonchev–Trinajstić information content (AvgIpc) is 2.64. The van der Waals surface area contributed by atoms with Crippen molar-refractivity contribution in [3.05, 3.63) is 54.6 Å². The van der Waals surface area contributed by atoms with Gasteiger partial charge >= 0.3 is 0 Å². The monoisotopic (exact) mass is 383 g/mol. The lowest BCUT2D eigenvalue weighted by molar-refractivity contribution is 0.0435. The van der Waals surface area contributed by atoms with Crippen molar-refractivity contribution in [2.45, 2.75) is 31.7 Å². The molecule has 3 aromatic carbocycles. The van der Waals surface area contributed by atoms with E-state index >= 15 is 0 Å². The van der Waals surface area contributed by atoms with Crippen LogP contribution in [0.15, 0.2) is 54.6 Å². The highest BCUT2D eigenvalue weighted by atomic mass is 28.4. The molecule has 1 atom stereocenters. The summed E-state index contributed by atoms with van der Waals surface area (Å²) in [6.45, 7) is 5.16. The van der Waals surface area contributed by atoms with Crippen molar-refractivity contribution >= 4 is 35.5 Å². The molecule has 27 heavy (non-hydrogen) atoms. The van der Waals surface area contributed by atoms with Crippen molar-refractivity contribution in [3.8, 4) is 0 Å². The van der Waals surface area contributed by atoms with E-state index in [4.69, 9.17) is 4.74 Å². The topological polar surface area (TPSA) is 61.7 Å². The lowest BCUT2D eigenvalue weighted by Gasteiger charge is -2.17. The quantitative estimate of drug-likeness (QED) is 0.292. The molecule has 0 aliphatic carbocycles. The normalized spacial score (nSPS) is 13.2. The van der Waals surface area contributed by atoms with Crippen LogP contribution in [-0.4, -0.2) is 44.1 Å². The smallest absolute Gasteiger partial charge is 0.182 e. The fraction of sp³-hybridized carbons (Fsp3) is 0.364. The third-order valence-electron chi connectivity index (χ3n) is 4.67. The van der Waals surface area contributed by atoms with E-state index in [1.165, 1.54) is 10.8 Å². The largest absolute Gasteiger partial charge is 0.432 e. The zero-order valence-electron chi connectivity index (χ0n) is 16.1. The van der Waals surface area contributed by atoms with Gasteiger partial charge in [0.1, 0.15) is 0 Å². The summed E-state index contributed by atoms with van der Waals surface area (Å²) in [5.41, 5.74) is 1.05. The number of rotatable bonds is 9. The van der Waals surface area contributed by atoms with Crippen molar-refractivity contribution in [1.29, 1.82) is 0 Å². The molecule has 0 aliphatic rings. The summed E-state index contributed by atoms with van der Waals surface area (Å²) in [7, 11) is -2.00. The molecule has 4 nitrogen and oxygen atoms in total. The maximum atomic E-state index is 10.3. The molecule has 0 fully saturated rings. The van der Waals surface area contributed by atoms with E-state index < -0.39 is 14.4 Å². The van der Waals surface area contributed by atoms with Gasteiger partial charge in [0, 0.05) is 29.6 Å². The van der Waals surface area contributed by atoms with Crippen molar-refractivity contribution in [2.75, 3.05) is 25.1 Å². The van der Waals surface area contributed by atoms with Gasteiger partial charge in [-0.2, -0.15) is 0 Å². The van der Waals surface area contributed by atoms with E-state index in [-0.39, 0.29) is 0 Å². The third-order valence-corrected chi connectivity index (χ3v) is 6.25. The fourth-order valence-corrected chi connectivity index (χ4v) is 4.32. The van der Waals surface area contributed by atoms with Gasteiger partial charge in [0.25, 0.3) is 0 Å². The fourth-order valence-electron chi connectivity index (χ4n) is 3.31. The summed E-state index contributed by atoms with van der Waals surface area (Å²) < 4.78 is 5.58. The van der Waals surface area contributed by atoms with Crippen LogP contribution in [0.25, 0.3) is 21.5 Å². The lowest BCUT2D eigenvalue weighted by Crippen LogP contribution is -2.27. The van der Waals surface area contributed by atoms with Gasteiger partial charge in [-0.25, -0.2) is 0 Å². The zero-order chi connectivity index (χ0) is 19.3. The standard InChI is InChI=1S/C22H29NO3Si/c1-27(2,25)13-7-12-26-16-19(24)15-23-22-20-10-5-3-8-17(20)14-18-9-4-6-11-21(18)22/h3-6,8-11,14,19,23-25H,7,12-13,15-16H2,1-2H3. The zero-order valence-corrected chi connectivity index (χ0v) is 17.1. The second kappa shape index (κ2) is 8.84. The first-order valence-corrected chi connectivity index (χ1v) is 12.7. The van der Waals surface area contributed by atoms with Crippen LogP contribution in [0.4, 0.5) is 5.69 Å². The molecular formula is C22H29NO3Si. The summed E-state index contributed by atoms with van der Waals surface area (Å²) in [5, 5.41) is 18.4. The van der Waals surface area contributed by atoms with Crippen molar-refractivity contribution in [2.24, 2.45) is 0 Å². The minimum Gasteiger partial charge on any atom is -0.432 e. The van der Waals surface area contributed by atoms with E-state index in [2.05, 4.69) is 35.6 Å². The molecule has 0 aromatic heterocycles. The van der Waals surface area contributed by atoms with Gasteiger partial charge in [0.2, 0.25) is 0 Å². The Balaban J connectivity index is 1.62. The molecule has 5 heteroatoms. The van der Waals surface area contributed by atoms with Crippen molar-refractivity contribution in [3.63, 3.8) is 0 Å². The second-order valence-electron chi connectivity index (χ2n) is 7.72. The molecule has 0 radical (unpaired) electrons. The first kappa shape index (κ1) is 19.8. The first-order chi connectivity index (χ1) is 12.9. The van der Waals surface area contributed by atoms with E-state index in [0.29, 0.717) is 19.8 Å². The first-order valence-electron chi connectivity index (χ1n) is 9.56. The number of aliphatic hydroxyl groups is 1. The highest BCUT2D eigenvalue weighted by Crippen LogP contribution is 2.32. The van der Waals surface area contributed by atoms with Gasteiger partial charge in [-0.15, -0.1) is 0 Å². The number of ether oxygens (including phenoxy) is 1. The predicted molar refractivity (Wildman–Crippen MR) is 116 cm³/mol. The van der Waals surface area contributed by atoms with E-state index in [9.17, 15) is 9.90 Å². The maximum absolute atomic E-state index is 10.3. The summed E-state index contributed by atoms with van der Waals surface area (Å²) in [6, 6.07) is 19.6. The van der Waals surface area contributed by atoms with Crippen LogP contribution >= 0.6 is 0 Å². The predicted octanol–water partition coefficient (Wildman–Crippen LogP) is 4.37. The van der Waals surface area contributed by atoms with Crippen LogP contribution in [-0.2, 0) is 4.74 Å². The van der Waals surface area contributed by atoms with Crippen molar-refractivity contribution < 1.29 is 14.6 Å². The Kier molecular flexibility index (Phi) is 6.49. The number of hydrogen-bond acceptors (Lipinski definition) is 4. The summed E-state index contributed by atoms with van der Waals surface area (Å²) >= 11 is 0. The van der Waals surface area contributed by atoms with E-state index in [1.54, 1.807) is 0 Å². The molecule has 1 unspecified atom stereocenters. The summed E-state index contributed by atoms with van der Waals surface area (Å²) in [4.78, 5) is 9.83. The molecule has 144 valence electrons. The number of anilines is 1. The molecule has 0 amide bonds. The van der Waals surface area contributed by atoms with Crippen LogP contribution in [0, 0.1) is 0 Å². The minimum atomic E-state index is -2.00. The SMILES string of the molecule is C[Si](C)(O)CCCOCC(O)CNc1c2ccccc2cc2ccccc12. The molecule has 3 N–H and O–H groups in total. The highest BCUT2D eigenvalue weighted by molar-refractivity contribution is 6.69. The van der Waals surface area contributed by atoms with Gasteiger partial charge in [-0.3, -0.25) is 0 Å². The molecule has 0 heterocycles. The maximum Gasteiger partial charge on any atom is 0.182 e. The molecule has 0 saturated heterocycles. The Hall–Kier alpha value is -1.92. The van der Waals surface area contributed by atoms with E-state index in [0.717, 1.165) is 28.9 Å². The molecule has 0 bridgehead atoms. The van der Waals surface area contributed by atoms with Gasteiger partial charge < -0.3 is 20.0 Å². The average molecular weight is 384 g/mol. The van der Waals surface area contributed by atoms with Gasteiger partial charge in [0.15, 0.2) is 8.32 Å². The molecule has 0 saturated carbocycles. The number of hydrogen-bond donors (Lipinski definition) is 3. The van der Waals surface area contributed by atoms with Gasteiger partial charge in [0.05, 0.1) is 12.7 Å². The molecular weight excluding hydrogens is 354 g/mol.